The molecule has 0 bridgehead atoms. The van der Waals surface area contributed by atoms with Crippen LogP contribution in [0.15, 0.2) is 30.3 Å². The molecule has 0 spiro atoms. The Morgan fingerprint density at radius 2 is 1.69 bits per heavy atom. The van der Waals surface area contributed by atoms with Gasteiger partial charge in [-0.3, -0.25) is 4.79 Å². The van der Waals surface area contributed by atoms with E-state index in [-0.39, 0.29) is 12.5 Å². The van der Waals surface area contributed by atoms with Gasteiger partial charge < -0.3 is 16.2 Å². The summed E-state index contributed by atoms with van der Waals surface area (Å²) < 4.78 is 4.57. The van der Waals surface area contributed by atoms with Gasteiger partial charge >= 0.3 is 6.09 Å². The number of primary amides is 2. The van der Waals surface area contributed by atoms with E-state index in [9.17, 15) is 9.59 Å². The van der Waals surface area contributed by atoms with Crippen molar-refractivity contribution in [1.82, 2.24) is 0 Å². The van der Waals surface area contributed by atoms with Crippen LogP contribution in [0.1, 0.15) is 5.56 Å². The van der Waals surface area contributed by atoms with Gasteiger partial charge in [0, 0.05) is 0 Å². The molecule has 1 aromatic rings. The second-order valence-corrected chi connectivity index (χ2v) is 2.96. The number of hydrogen-bond donors (Lipinski definition) is 2. The van der Waals surface area contributed by atoms with Crippen molar-refractivity contribution in [3.63, 3.8) is 0 Å². The van der Waals surface area contributed by atoms with E-state index in [1.54, 1.807) is 0 Å². The Bertz CT molecular complexity index is 330. The summed E-state index contributed by atoms with van der Waals surface area (Å²) in [6.45, 7) is 0.246. The number of carbonyl (C=O) groups excluding carboxylic acids is 2. The molecule has 1 rings (SSSR count). The lowest BCUT2D eigenvalue weighted by molar-refractivity contribution is -0.115. The minimum absolute atomic E-state index is 0.0833. The summed E-state index contributed by atoms with van der Waals surface area (Å²) in [7, 11) is 0. The number of alkyl halides is 1. The van der Waals surface area contributed by atoms with Crippen molar-refractivity contribution in [3.8, 4) is 0 Å². The lowest BCUT2D eigenvalue weighted by atomic mass is 10.2. The van der Waals surface area contributed by atoms with Crippen LogP contribution < -0.4 is 11.5 Å². The molecular weight excluding hydrogens is 232 g/mol. The van der Waals surface area contributed by atoms with Crippen molar-refractivity contribution in [2.24, 2.45) is 11.5 Å². The summed E-state index contributed by atoms with van der Waals surface area (Å²) in [5.41, 5.74) is 10.2. The van der Waals surface area contributed by atoms with Gasteiger partial charge in [0.25, 0.3) is 0 Å². The van der Waals surface area contributed by atoms with Crippen LogP contribution in [-0.2, 0) is 16.1 Å². The smallest absolute Gasteiger partial charge is 0.404 e. The SMILES string of the molecule is NC(=O)CCl.NC(=O)OCc1ccccc1. The van der Waals surface area contributed by atoms with Crippen LogP contribution >= 0.6 is 11.6 Å². The third kappa shape index (κ3) is 8.83. The Morgan fingerprint density at radius 1 is 1.19 bits per heavy atom. The first kappa shape index (κ1) is 14.2. The maximum absolute atomic E-state index is 10.2. The lowest BCUT2D eigenvalue weighted by Gasteiger charge is -1.99. The van der Waals surface area contributed by atoms with Crippen LogP contribution in [0.25, 0.3) is 0 Å². The molecule has 0 aliphatic heterocycles. The highest BCUT2D eigenvalue weighted by molar-refractivity contribution is 6.27. The molecule has 4 N–H and O–H groups in total. The number of benzene rings is 1. The standard InChI is InChI=1S/C8H9NO2.C2H4ClNO/c9-8(10)11-6-7-4-2-1-3-5-7;3-1-2(4)5/h1-5H,6H2,(H2,9,10);1H2,(H2,4,5). The quantitative estimate of drug-likeness (QED) is 0.776. The third-order valence-electron chi connectivity index (χ3n) is 1.36. The highest BCUT2D eigenvalue weighted by Gasteiger charge is 1.93. The van der Waals surface area contributed by atoms with E-state index in [1.807, 2.05) is 30.3 Å². The number of rotatable bonds is 3. The molecule has 0 aliphatic rings. The second-order valence-electron chi connectivity index (χ2n) is 2.69. The fraction of sp³-hybridized carbons (Fsp3) is 0.200. The Morgan fingerprint density at radius 3 is 2.06 bits per heavy atom. The average molecular weight is 245 g/mol. The van der Waals surface area contributed by atoms with E-state index < -0.39 is 12.0 Å². The zero-order valence-electron chi connectivity index (χ0n) is 8.56. The first-order chi connectivity index (χ1) is 7.56. The van der Waals surface area contributed by atoms with Gasteiger partial charge in [-0.25, -0.2) is 4.79 Å². The van der Waals surface area contributed by atoms with E-state index in [0.717, 1.165) is 5.56 Å². The molecule has 0 atom stereocenters. The highest BCUT2D eigenvalue weighted by atomic mass is 35.5. The Hall–Kier alpha value is -1.75. The summed E-state index contributed by atoms with van der Waals surface area (Å²) in [6, 6.07) is 9.37. The fourth-order valence-corrected chi connectivity index (χ4v) is 0.729. The summed E-state index contributed by atoms with van der Waals surface area (Å²) in [5, 5.41) is 0. The minimum atomic E-state index is -0.742. The van der Waals surface area contributed by atoms with E-state index in [2.05, 4.69) is 10.5 Å². The van der Waals surface area contributed by atoms with E-state index in [1.165, 1.54) is 0 Å². The van der Waals surface area contributed by atoms with Gasteiger partial charge in [-0.2, -0.15) is 0 Å². The van der Waals surface area contributed by atoms with Crippen LogP contribution in [0.2, 0.25) is 0 Å². The molecule has 5 nitrogen and oxygen atoms in total. The predicted molar refractivity (Wildman–Crippen MR) is 60.7 cm³/mol. The summed E-state index contributed by atoms with van der Waals surface area (Å²) in [5.74, 6) is -0.563. The maximum atomic E-state index is 10.2. The molecule has 0 aromatic heterocycles. The molecule has 1 aromatic carbocycles. The first-order valence-electron chi connectivity index (χ1n) is 4.36. The maximum Gasteiger partial charge on any atom is 0.404 e. The number of hydrogen-bond acceptors (Lipinski definition) is 3. The van der Waals surface area contributed by atoms with Gasteiger partial charge in [0.2, 0.25) is 5.91 Å². The average Bonchev–Trinajstić information content (AvgIpc) is 2.28. The summed E-state index contributed by atoms with van der Waals surface area (Å²) in [4.78, 5) is 19.6. The van der Waals surface area contributed by atoms with Crippen molar-refractivity contribution in [2.45, 2.75) is 6.61 Å². The van der Waals surface area contributed by atoms with Crippen molar-refractivity contribution in [1.29, 1.82) is 0 Å². The fourth-order valence-electron chi connectivity index (χ4n) is 0.729. The molecule has 6 heteroatoms. The number of carbonyl (C=O) groups is 2. The summed E-state index contributed by atoms with van der Waals surface area (Å²) >= 11 is 4.86. The van der Waals surface area contributed by atoms with E-state index in [4.69, 9.17) is 17.3 Å². The topological polar surface area (TPSA) is 95.4 Å². The molecular formula is C10H13ClN2O3. The summed E-state index contributed by atoms with van der Waals surface area (Å²) in [6.07, 6.45) is -0.742. The van der Waals surface area contributed by atoms with Gasteiger partial charge in [-0.15, -0.1) is 11.6 Å². The van der Waals surface area contributed by atoms with Crippen LogP contribution in [0.4, 0.5) is 4.79 Å². The molecule has 88 valence electrons. The molecule has 0 fully saturated rings. The van der Waals surface area contributed by atoms with Crippen molar-refractivity contribution >= 4 is 23.6 Å². The monoisotopic (exact) mass is 244 g/mol. The second kappa shape index (κ2) is 8.55. The Balaban J connectivity index is 0.000000385. The molecule has 2 amide bonds. The number of halogens is 1. The van der Waals surface area contributed by atoms with Crippen molar-refractivity contribution < 1.29 is 14.3 Å². The van der Waals surface area contributed by atoms with Gasteiger partial charge in [0.05, 0.1) is 0 Å². The molecule has 16 heavy (non-hydrogen) atoms. The number of amides is 2. The molecule has 0 aliphatic carbocycles. The number of ether oxygens (including phenoxy) is 1. The Kier molecular flexibility index (Phi) is 7.61. The molecule has 0 radical (unpaired) electrons. The molecule has 0 heterocycles. The molecule has 0 saturated carbocycles. The first-order valence-corrected chi connectivity index (χ1v) is 4.90. The van der Waals surface area contributed by atoms with Crippen LogP contribution in [0.3, 0.4) is 0 Å². The van der Waals surface area contributed by atoms with Crippen molar-refractivity contribution in [2.75, 3.05) is 5.88 Å². The Labute approximate surface area is 98.3 Å². The van der Waals surface area contributed by atoms with Gasteiger partial charge in [0.1, 0.15) is 12.5 Å². The highest BCUT2D eigenvalue weighted by Crippen LogP contribution is 1.99. The zero-order chi connectivity index (χ0) is 12.4. The van der Waals surface area contributed by atoms with Crippen LogP contribution in [0, 0.1) is 0 Å². The predicted octanol–water partition coefficient (Wildman–Crippen LogP) is 0.992. The molecule has 0 unspecified atom stereocenters. The normalized spacial score (nSPS) is 8.56. The van der Waals surface area contributed by atoms with Gasteiger partial charge in [-0.1, -0.05) is 30.3 Å². The third-order valence-corrected chi connectivity index (χ3v) is 1.62. The van der Waals surface area contributed by atoms with Crippen LogP contribution in [0.5, 0.6) is 0 Å². The number of nitrogens with two attached hydrogens (primary N) is 2. The minimum Gasteiger partial charge on any atom is -0.445 e. The zero-order valence-corrected chi connectivity index (χ0v) is 9.31. The van der Waals surface area contributed by atoms with Gasteiger partial charge in [0.15, 0.2) is 0 Å². The largest absolute Gasteiger partial charge is 0.445 e. The lowest BCUT2D eigenvalue weighted by Crippen LogP contribution is -2.12. The van der Waals surface area contributed by atoms with Gasteiger partial charge in [-0.05, 0) is 5.56 Å². The molecule has 0 saturated heterocycles. The van der Waals surface area contributed by atoms with Crippen molar-refractivity contribution in [3.05, 3.63) is 35.9 Å². The van der Waals surface area contributed by atoms with Crippen LogP contribution in [-0.4, -0.2) is 17.9 Å². The van der Waals surface area contributed by atoms with E-state index >= 15 is 0 Å². The van der Waals surface area contributed by atoms with E-state index in [0.29, 0.717) is 0 Å².